The first kappa shape index (κ1) is 52.3. The summed E-state index contributed by atoms with van der Waals surface area (Å²) in [7, 11) is 0. The lowest BCUT2D eigenvalue weighted by atomic mass is 10.1. The Kier molecular flexibility index (Phi) is 24.4. The minimum absolute atomic E-state index is 0.00154. The van der Waals surface area contributed by atoms with Gasteiger partial charge in [-0.1, -0.05) is 16.7 Å². The van der Waals surface area contributed by atoms with Crippen molar-refractivity contribution >= 4 is 53.4 Å². The molecule has 3 atom stereocenters. The van der Waals surface area contributed by atoms with Gasteiger partial charge in [-0.15, -0.1) is 0 Å². The van der Waals surface area contributed by atoms with Crippen molar-refractivity contribution in [3.05, 3.63) is 50.6 Å². The molecule has 0 saturated carbocycles. The molecule has 3 N–H and O–H groups in total. The van der Waals surface area contributed by atoms with E-state index in [0.29, 0.717) is 16.7 Å². The maximum absolute atomic E-state index is 12.8. The molecule has 0 fully saturated rings. The van der Waals surface area contributed by atoms with Crippen LogP contribution in [-0.4, -0.2) is 126 Å². The van der Waals surface area contributed by atoms with Gasteiger partial charge in [-0.3, -0.25) is 28.8 Å². The van der Waals surface area contributed by atoms with Crippen LogP contribution in [0.3, 0.4) is 0 Å². The van der Waals surface area contributed by atoms with Gasteiger partial charge in [-0.25, -0.2) is 14.4 Å². The monoisotopic (exact) mass is 849 g/mol. The lowest BCUT2D eigenvalue weighted by molar-refractivity contribution is -0.148. The zero-order valence-electron chi connectivity index (χ0n) is 35.0. The molecule has 0 spiro atoms. The predicted octanol–water partition coefficient (Wildman–Crippen LogP) is 1.47. The summed E-state index contributed by atoms with van der Waals surface area (Å²) in [6.45, 7) is 6.46. The highest BCUT2D eigenvalue weighted by atomic mass is 16.5. The maximum atomic E-state index is 12.8. The highest BCUT2D eigenvalue weighted by Crippen LogP contribution is 2.11. The molecule has 0 aromatic heterocycles. The summed E-state index contributed by atoms with van der Waals surface area (Å²) in [6.07, 6.45) is 3.14. The van der Waals surface area contributed by atoms with Crippen LogP contribution in [0.15, 0.2) is 34.9 Å². The van der Waals surface area contributed by atoms with E-state index < -0.39 is 71.5 Å². The lowest BCUT2D eigenvalue weighted by Crippen LogP contribution is -2.41. The van der Waals surface area contributed by atoms with Crippen molar-refractivity contribution in [1.82, 2.24) is 31.1 Å². The molecule has 3 unspecified atom stereocenters. The Morgan fingerprint density at radius 3 is 0.950 bits per heavy atom. The number of ether oxygens (including phenoxy) is 3. The zero-order valence-corrected chi connectivity index (χ0v) is 35.0. The molecule has 336 valence electrons. The van der Waals surface area contributed by atoms with E-state index in [1.807, 2.05) is 0 Å². The molecule has 1 aliphatic rings. The Balaban J connectivity index is 3.15. The summed E-state index contributed by atoms with van der Waals surface area (Å²) < 4.78 is 15.8. The van der Waals surface area contributed by atoms with Crippen molar-refractivity contribution in [2.75, 3.05) is 39.5 Å². The molecule has 21 heteroatoms. The average molecular weight is 850 g/mol. The van der Waals surface area contributed by atoms with E-state index >= 15 is 0 Å². The van der Waals surface area contributed by atoms with Gasteiger partial charge in [0.25, 0.3) is 0 Å². The van der Waals surface area contributed by atoms with Crippen LogP contribution in [0.2, 0.25) is 0 Å². The summed E-state index contributed by atoms with van der Waals surface area (Å²) >= 11 is 0. The number of carbonyl (C=O) groups excluding carboxylic acids is 9. The molecule has 1 heterocycles. The van der Waals surface area contributed by atoms with Crippen LogP contribution >= 0.6 is 0 Å². The molecule has 0 aromatic rings. The van der Waals surface area contributed by atoms with E-state index in [-0.39, 0.29) is 112 Å². The van der Waals surface area contributed by atoms with Gasteiger partial charge < -0.3 is 61.0 Å². The summed E-state index contributed by atoms with van der Waals surface area (Å²) in [5.41, 5.74) is 1.16. The molecule has 0 aliphatic carbocycles. The zero-order chi connectivity index (χ0) is 45.4. The third kappa shape index (κ3) is 22.5. The summed E-state index contributed by atoms with van der Waals surface area (Å²) in [4.78, 5) is 111. The van der Waals surface area contributed by atoms with Gasteiger partial charge in [-0.05, 0) is 59.3 Å². The van der Waals surface area contributed by atoms with Crippen molar-refractivity contribution in [1.29, 1.82) is 0 Å². The first-order valence-electron chi connectivity index (χ1n) is 19.5. The normalized spacial score (nSPS) is 24.9. The van der Waals surface area contributed by atoms with Crippen LogP contribution in [0, 0.1) is 15.6 Å². The molecule has 0 bridgehead atoms. The third-order valence-electron chi connectivity index (χ3n) is 8.62. The highest BCUT2D eigenvalue weighted by molar-refractivity contribution is 5.90. The first-order valence-corrected chi connectivity index (χ1v) is 19.5. The van der Waals surface area contributed by atoms with Crippen LogP contribution in [-0.2, 0) is 57.4 Å². The number of hydroxylamine groups is 6. The summed E-state index contributed by atoms with van der Waals surface area (Å²) in [6, 6.07) is -3.46. The Morgan fingerprint density at radius 1 is 0.500 bits per heavy atom. The highest BCUT2D eigenvalue weighted by Gasteiger charge is 2.24. The summed E-state index contributed by atoms with van der Waals surface area (Å²) in [5, 5.41) is 45.2. The number of esters is 3. The lowest BCUT2D eigenvalue weighted by Gasteiger charge is -2.28. The number of nitrogens with zero attached hydrogens (tertiary/aromatic N) is 3. The fraction of sp³-hybridized carbons (Fsp3) is 0.615. The van der Waals surface area contributed by atoms with Crippen LogP contribution in [0.4, 0.5) is 0 Å². The van der Waals surface area contributed by atoms with E-state index in [2.05, 4.69) is 16.0 Å². The fourth-order valence-electron chi connectivity index (χ4n) is 5.44. The third-order valence-corrected chi connectivity index (χ3v) is 8.62. The standard InChI is InChI=1S/C39H57N6O15/c1-25-13-19-58-37(52)31(40-28(4)46)11-8-17-44(56)35(50)23-27(3)15-21-60-39(54)33(42-30(6)48)12-9-18-45(57)36(51)24-26(2)14-20-59-38(53)32(41-29(5)47)10-7-16-43(55)34(49)22-25/h22-24,31-33H,7-21H2,1-6H3,(H,40,46)(H,41,47)(H,42,48)/q-3/b25-22+,26-24+,27-23+. The van der Waals surface area contributed by atoms with Gasteiger partial charge >= 0.3 is 17.9 Å². The van der Waals surface area contributed by atoms with Crippen LogP contribution in [0.5, 0.6) is 0 Å². The Bertz CT molecular complexity index is 1440. The van der Waals surface area contributed by atoms with Crippen molar-refractivity contribution in [3.8, 4) is 0 Å². The van der Waals surface area contributed by atoms with Gasteiger partial charge in [0.1, 0.15) is 18.1 Å². The van der Waals surface area contributed by atoms with Gasteiger partial charge in [0.2, 0.25) is 35.4 Å². The minimum Gasteiger partial charge on any atom is -0.756 e. The largest absolute Gasteiger partial charge is 0.756 e. The average Bonchev–Trinajstić information content (AvgIpc) is 3.15. The number of nitrogens with one attached hydrogen (secondary N) is 3. The molecule has 0 aromatic carbocycles. The van der Waals surface area contributed by atoms with E-state index in [0.717, 1.165) is 18.2 Å². The number of cyclic esters (lactones) is 3. The fourth-order valence-corrected chi connectivity index (χ4v) is 5.44. The molecule has 1 aliphatic heterocycles. The quantitative estimate of drug-likeness (QED) is 0.268. The van der Waals surface area contributed by atoms with Gasteiger partial charge in [0.05, 0.1) is 19.8 Å². The van der Waals surface area contributed by atoms with Gasteiger partial charge in [0, 0.05) is 77.9 Å². The molecule has 60 heavy (non-hydrogen) atoms. The second-order valence-corrected chi connectivity index (χ2v) is 14.2. The topological polar surface area (TPSA) is 296 Å². The molecular formula is C39H57N6O15-3. The van der Waals surface area contributed by atoms with Crippen molar-refractivity contribution in [3.63, 3.8) is 0 Å². The number of hydrogen-bond donors (Lipinski definition) is 3. The number of amides is 6. The van der Waals surface area contributed by atoms with Crippen LogP contribution in [0.1, 0.15) is 99.3 Å². The summed E-state index contributed by atoms with van der Waals surface area (Å²) in [5.74, 6) is -6.86. The van der Waals surface area contributed by atoms with E-state index in [9.17, 15) is 58.8 Å². The Morgan fingerprint density at radius 2 is 0.733 bits per heavy atom. The van der Waals surface area contributed by atoms with Gasteiger partial charge in [0.15, 0.2) is 0 Å². The molecule has 21 nitrogen and oxygen atoms in total. The number of hydrogen-bond acceptors (Lipinski definition) is 15. The maximum Gasteiger partial charge on any atom is 0.328 e. The molecule has 6 amide bonds. The Hall–Kier alpha value is -5.67. The Labute approximate surface area is 349 Å². The smallest absolute Gasteiger partial charge is 0.328 e. The predicted molar refractivity (Wildman–Crippen MR) is 214 cm³/mol. The van der Waals surface area contributed by atoms with Crippen molar-refractivity contribution in [2.45, 2.75) is 117 Å². The number of rotatable bonds is 3. The second-order valence-electron chi connectivity index (χ2n) is 14.2. The van der Waals surface area contributed by atoms with Crippen LogP contribution in [0.25, 0.3) is 0 Å². The SMILES string of the molecule is CC(=O)NC1CCCN([O-])C(=O)/C=C(\C)CCOC(=O)C(NC(C)=O)CCCN([O-])C(=O)/C=C(\C)CCOC(=O)C(NC(C)=O)CCCN([O-])C(=O)/C=C(\C)CCOC1=O. The number of carbonyl (C=O) groups is 9. The minimum atomic E-state index is -1.15. The molecular weight excluding hydrogens is 792 g/mol. The molecule has 0 saturated heterocycles. The van der Waals surface area contributed by atoms with Gasteiger partial charge in [-0.2, -0.15) is 0 Å². The molecule has 1 rings (SSSR count). The first-order chi connectivity index (χ1) is 28.2. The van der Waals surface area contributed by atoms with E-state index in [1.54, 1.807) is 0 Å². The van der Waals surface area contributed by atoms with E-state index in [4.69, 9.17) is 14.2 Å². The van der Waals surface area contributed by atoms with Crippen molar-refractivity contribution in [2.24, 2.45) is 0 Å². The second kappa shape index (κ2) is 27.9. The van der Waals surface area contributed by atoms with E-state index in [1.165, 1.54) is 41.5 Å². The van der Waals surface area contributed by atoms with Crippen molar-refractivity contribution < 1.29 is 57.4 Å². The van der Waals surface area contributed by atoms with Crippen LogP contribution < -0.4 is 16.0 Å². The molecule has 0 radical (unpaired) electrons.